The quantitative estimate of drug-likeness (QED) is 0.146. The third-order valence-corrected chi connectivity index (χ3v) is 5.76. The molecule has 0 saturated carbocycles. The van der Waals surface area contributed by atoms with Gasteiger partial charge in [0.2, 0.25) is 0 Å². The average Bonchev–Trinajstić information content (AvgIpc) is 3.33. The van der Waals surface area contributed by atoms with Crippen molar-refractivity contribution in [3.63, 3.8) is 0 Å². The number of carbonyl (C=O) groups excluding carboxylic acids is 1. The van der Waals surface area contributed by atoms with Crippen LogP contribution < -0.4 is 10.6 Å². The standard InChI is InChI=1S/C28H29N7O3/c1-31-21-13-7-6-12-20(21)25(19-10-4-3-5-11-19)33-24(18-36)34-28(30)38-26(29)27-32-22-14-8-9-15-23(22)35(27)16-17-37-2/h3-15,18,24,29,31H,16-17H2,1-2H3,(H2,30,34)/b29-26?,33-25-. The van der Waals surface area contributed by atoms with Gasteiger partial charge in [0.25, 0.3) is 11.9 Å². The number of anilines is 1. The van der Waals surface area contributed by atoms with E-state index in [9.17, 15) is 4.79 Å². The predicted molar refractivity (Wildman–Crippen MR) is 148 cm³/mol. The molecule has 1 heterocycles. The highest BCUT2D eigenvalue weighted by atomic mass is 16.5. The van der Waals surface area contributed by atoms with E-state index in [1.807, 2.05) is 85.9 Å². The van der Waals surface area contributed by atoms with Gasteiger partial charge >= 0.3 is 0 Å². The molecule has 10 heteroatoms. The zero-order valence-corrected chi connectivity index (χ0v) is 21.1. The van der Waals surface area contributed by atoms with E-state index in [0.717, 1.165) is 22.3 Å². The highest BCUT2D eigenvalue weighted by Gasteiger charge is 2.20. The fraction of sp³-hybridized carbons (Fsp3) is 0.179. The summed E-state index contributed by atoms with van der Waals surface area (Å²) in [5.41, 5.74) is 4.50. The molecule has 3 aromatic carbocycles. The van der Waals surface area contributed by atoms with Crippen molar-refractivity contribution in [3.05, 3.63) is 95.8 Å². The van der Waals surface area contributed by atoms with Crippen molar-refractivity contribution in [2.24, 2.45) is 4.99 Å². The maximum absolute atomic E-state index is 12.0. The Balaban J connectivity index is 1.58. The lowest BCUT2D eigenvalue weighted by atomic mass is 10.0. The van der Waals surface area contributed by atoms with Crippen molar-refractivity contribution >= 4 is 40.6 Å². The van der Waals surface area contributed by atoms with Crippen molar-refractivity contribution in [1.29, 1.82) is 10.8 Å². The Hall–Kier alpha value is -4.83. The summed E-state index contributed by atoms with van der Waals surface area (Å²) in [6, 6.07) is 24.1. The molecule has 4 N–H and O–H groups in total. The number of aliphatic imine (C=N–C) groups is 1. The lowest BCUT2D eigenvalue weighted by Crippen LogP contribution is -2.38. The van der Waals surface area contributed by atoms with E-state index in [0.29, 0.717) is 30.7 Å². The lowest BCUT2D eigenvalue weighted by Gasteiger charge is -2.17. The molecule has 10 nitrogen and oxygen atoms in total. The van der Waals surface area contributed by atoms with Gasteiger partial charge in [-0.05, 0) is 18.2 Å². The third-order valence-electron chi connectivity index (χ3n) is 5.76. The van der Waals surface area contributed by atoms with Crippen LogP contribution in [0.4, 0.5) is 5.69 Å². The van der Waals surface area contributed by atoms with Crippen LogP contribution in [-0.2, 0) is 20.8 Å². The SMILES string of the molecule is CNc1ccccc1/C(=N\C(C=O)NC(=N)OC(=N)c1nc2ccccc2n1CCOC)c1ccccc1. The van der Waals surface area contributed by atoms with E-state index in [4.69, 9.17) is 20.3 Å². The van der Waals surface area contributed by atoms with Gasteiger partial charge in [-0.1, -0.05) is 60.7 Å². The van der Waals surface area contributed by atoms with Gasteiger partial charge in [0, 0.05) is 37.5 Å². The fourth-order valence-corrected chi connectivity index (χ4v) is 4.01. The van der Waals surface area contributed by atoms with Crippen molar-refractivity contribution in [2.75, 3.05) is 26.1 Å². The Morgan fingerprint density at radius 2 is 1.76 bits per heavy atom. The van der Waals surface area contributed by atoms with E-state index in [1.54, 1.807) is 11.7 Å². The average molecular weight is 512 g/mol. The van der Waals surface area contributed by atoms with Crippen LogP contribution in [0.1, 0.15) is 17.0 Å². The summed E-state index contributed by atoms with van der Waals surface area (Å²) in [5, 5.41) is 22.6. The molecule has 0 radical (unpaired) electrons. The molecule has 0 saturated heterocycles. The monoisotopic (exact) mass is 511 g/mol. The first-order chi connectivity index (χ1) is 18.5. The van der Waals surface area contributed by atoms with Crippen LogP contribution in [0.15, 0.2) is 83.9 Å². The number of carbonyl (C=O) groups is 1. The number of para-hydroxylation sites is 3. The third kappa shape index (κ3) is 5.93. The molecule has 4 aromatic rings. The molecule has 38 heavy (non-hydrogen) atoms. The molecule has 0 amide bonds. The molecule has 0 fully saturated rings. The van der Waals surface area contributed by atoms with Crippen molar-refractivity contribution < 1.29 is 14.3 Å². The van der Waals surface area contributed by atoms with Crippen molar-refractivity contribution in [1.82, 2.24) is 14.9 Å². The molecule has 0 spiro atoms. The minimum Gasteiger partial charge on any atom is -0.404 e. The second-order valence-electron chi connectivity index (χ2n) is 8.19. The van der Waals surface area contributed by atoms with Gasteiger partial charge < -0.3 is 24.7 Å². The van der Waals surface area contributed by atoms with Gasteiger partial charge in [0.15, 0.2) is 18.3 Å². The number of ether oxygens (including phenoxy) is 2. The van der Waals surface area contributed by atoms with Crippen molar-refractivity contribution in [3.8, 4) is 0 Å². The Morgan fingerprint density at radius 1 is 1.05 bits per heavy atom. The Labute approximate surface area is 220 Å². The van der Waals surface area contributed by atoms with E-state index < -0.39 is 12.2 Å². The van der Waals surface area contributed by atoms with Gasteiger partial charge in [0.1, 0.15) is 0 Å². The van der Waals surface area contributed by atoms with Crippen LogP contribution in [0.25, 0.3) is 11.0 Å². The minimum atomic E-state index is -1.14. The van der Waals surface area contributed by atoms with Crippen LogP contribution in [0.2, 0.25) is 0 Å². The highest BCUT2D eigenvalue weighted by Crippen LogP contribution is 2.20. The number of hydrogen-bond donors (Lipinski definition) is 4. The topological polar surface area (TPSA) is 137 Å². The molecular weight excluding hydrogens is 482 g/mol. The second kappa shape index (κ2) is 12.4. The van der Waals surface area contributed by atoms with E-state index in [1.165, 1.54) is 0 Å². The van der Waals surface area contributed by atoms with Crippen LogP contribution >= 0.6 is 0 Å². The van der Waals surface area contributed by atoms with Crippen LogP contribution in [-0.4, -0.2) is 60.4 Å². The largest absolute Gasteiger partial charge is 0.404 e. The van der Waals surface area contributed by atoms with E-state index >= 15 is 0 Å². The molecule has 0 aliphatic rings. The smallest absolute Gasteiger partial charge is 0.290 e. The van der Waals surface area contributed by atoms with Gasteiger partial charge in [-0.3, -0.25) is 20.6 Å². The first-order valence-corrected chi connectivity index (χ1v) is 12.0. The predicted octanol–water partition coefficient (Wildman–Crippen LogP) is 3.65. The molecule has 1 atom stereocenters. The maximum atomic E-state index is 12.0. The number of nitrogens with one attached hydrogen (secondary N) is 4. The zero-order chi connectivity index (χ0) is 26.9. The number of benzene rings is 3. The second-order valence-corrected chi connectivity index (χ2v) is 8.19. The Bertz CT molecular complexity index is 1460. The van der Waals surface area contributed by atoms with Gasteiger partial charge in [0.05, 0.1) is 23.4 Å². The molecule has 0 bridgehead atoms. The summed E-state index contributed by atoms with van der Waals surface area (Å²) in [7, 11) is 3.41. The van der Waals surface area contributed by atoms with Crippen LogP contribution in [0.5, 0.6) is 0 Å². The van der Waals surface area contributed by atoms with Gasteiger partial charge in [-0.25, -0.2) is 4.98 Å². The normalized spacial score (nSPS) is 12.1. The zero-order valence-electron chi connectivity index (χ0n) is 21.1. The number of hydrogen-bond acceptors (Lipinski definition) is 8. The number of methoxy groups -OCH3 is 1. The Morgan fingerprint density at radius 3 is 2.50 bits per heavy atom. The van der Waals surface area contributed by atoms with E-state index in [-0.39, 0.29) is 11.7 Å². The summed E-state index contributed by atoms with van der Waals surface area (Å²) >= 11 is 0. The summed E-state index contributed by atoms with van der Waals surface area (Å²) in [5.74, 6) is -0.0962. The number of aldehydes is 1. The van der Waals surface area contributed by atoms with E-state index in [2.05, 4.69) is 20.6 Å². The summed E-state index contributed by atoms with van der Waals surface area (Å²) in [6.07, 6.45) is -0.553. The number of imidazole rings is 1. The minimum absolute atomic E-state index is 0.244. The molecule has 194 valence electrons. The number of fused-ring (bicyclic) bond motifs is 1. The highest BCUT2D eigenvalue weighted by molar-refractivity contribution is 6.16. The number of rotatable bonds is 10. The fourth-order valence-electron chi connectivity index (χ4n) is 4.01. The summed E-state index contributed by atoms with van der Waals surface area (Å²) in [4.78, 5) is 21.1. The number of amidine groups is 1. The maximum Gasteiger partial charge on any atom is 0.290 e. The molecular formula is C28H29N7O3. The molecule has 1 unspecified atom stereocenters. The van der Waals surface area contributed by atoms with Crippen LogP contribution in [0, 0.1) is 10.8 Å². The molecule has 1 aromatic heterocycles. The molecule has 4 rings (SSSR count). The number of nitrogens with zero attached hydrogens (tertiary/aromatic N) is 3. The molecule has 0 aliphatic carbocycles. The Kier molecular flexibility index (Phi) is 8.57. The van der Waals surface area contributed by atoms with Crippen LogP contribution in [0.3, 0.4) is 0 Å². The van der Waals surface area contributed by atoms with Gasteiger partial charge in [-0.15, -0.1) is 0 Å². The summed E-state index contributed by atoms with van der Waals surface area (Å²) < 4.78 is 12.4. The lowest BCUT2D eigenvalue weighted by molar-refractivity contribution is -0.109. The first kappa shape index (κ1) is 26.2. The van der Waals surface area contributed by atoms with Gasteiger partial charge in [-0.2, -0.15) is 0 Å². The number of aromatic nitrogens is 2. The first-order valence-electron chi connectivity index (χ1n) is 12.0. The van der Waals surface area contributed by atoms with Crippen molar-refractivity contribution in [2.45, 2.75) is 12.7 Å². The molecule has 0 aliphatic heterocycles. The summed E-state index contributed by atoms with van der Waals surface area (Å²) in [6.45, 7) is 0.861.